The van der Waals surface area contributed by atoms with Gasteiger partial charge in [0.15, 0.2) is 0 Å². The van der Waals surface area contributed by atoms with Crippen molar-refractivity contribution < 1.29 is 24.6 Å². The number of ketones is 3. The summed E-state index contributed by atoms with van der Waals surface area (Å²) >= 11 is 0. The summed E-state index contributed by atoms with van der Waals surface area (Å²) in [5, 5.41) is 19.1. The number of Topliss-reactive ketones (excluding diaryl/α,β-unsaturated/α-hetero) is 3. The van der Waals surface area contributed by atoms with E-state index in [0.29, 0.717) is 0 Å². The van der Waals surface area contributed by atoms with Crippen LogP contribution in [-0.2, 0) is 14.4 Å². The summed E-state index contributed by atoms with van der Waals surface area (Å²) in [5.41, 5.74) is -2.19. The van der Waals surface area contributed by atoms with E-state index in [-0.39, 0.29) is 0 Å². The van der Waals surface area contributed by atoms with E-state index in [2.05, 4.69) is 0 Å². The Bertz CT molecular complexity index is 352. The monoisotopic (exact) mass is 244 g/mol. The van der Waals surface area contributed by atoms with Gasteiger partial charge in [0.1, 0.15) is 0 Å². The Hall–Kier alpha value is -1.07. The van der Waals surface area contributed by atoms with E-state index in [0.717, 1.165) is 0 Å². The molecule has 0 aliphatic carbocycles. The van der Waals surface area contributed by atoms with Crippen LogP contribution in [-0.4, -0.2) is 33.3 Å². The third-order valence-corrected chi connectivity index (χ3v) is 2.20. The van der Waals surface area contributed by atoms with Crippen LogP contribution in [0.3, 0.4) is 0 Å². The summed E-state index contributed by atoms with van der Waals surface area (Å²) in [6.45, 7) is 8.70. The number of rotatable bonds is 3. The summed E-state index contributed by atoms with van der Waals surface area (Å²) in [7, 11) is 0. The standard InChI is InChI=1S/C12H20O5/c1-10(2,3)7(13)8(14)12(16,17)9(15)11(4,5)6/h16-17H,1-6H3. The lowest BCUT2D eigenvalue weighted by Crippen LogP contribution is -2.55. The Morgan fingerprint density at radius 3 is 1.29 bits per heavy atom. The first-order chi connectivity index (χ1) is 7.22. The fourth-order valence-corrected chi connectivity index (χ4v) is 1.12. The molecule has 0 aliphatic heterocycles. The number of carbonyl (C=O) groups is 3. The minimum atomic E-state index is -3.25. The average Bonchev–Trinajstić information content (AvgIpc) is 2.11. The molecule has 0 unspecified atom stereocenters. The molecule has 0 amide bonds. The Morgan fingerprint density at radius 1 is 0.706 bits per heavy atom. The van der Waals surface area contributed by atoms with Crippen molar-refractivity contribution in [3.8, 4) is 0 Å². The van der Waals surface area contributed by atoms with E-state index in [1.807, 2.05) is 0 Å². The first-order valence-electron chi connectivity index (χ1n) is 5.31. The Kier molecular flexibility index (Phi) is 4.04. The van der Waals surface area contributed by atoms with Crippen molar-refractivity contribution in [3.05, 3.63) is 0 Å². The Morgan fingerprint density at radius 2 is 1.06 bits per heavy atom. The molecule has 0 atom stereocenters. The van der Waals surface area contributed by atoms with Crippen LogP contribution in [0.1, 0.15) is 41.5 Å². The molecular formula is C12H20O5. The third kappa shape index (κ3) is 3.44. The molecule has 2 N–H and O–H groups in total. The SMILES string of the molecule is CC(C)(C)C(=O)C(=O)C(O)(O)C(=O)C(C)(C)C. The molecule has 17 heavy (non-hydrogen) atoms. The van der Waals surface area contributed by atoms with E-state index in [1.54, 1.807) is 0 Å². The lowest BCUT2D eigenvalue weighted by atomic mass is 9.79. The molecule has 5 nitrogen and oxygen atoms in total. The molecule has 0 bridgehead atoms. The number of carbonyl (C=O) groups excluding carboxylic acids is 3. The van der Waals surface area contributed by atoms with Crippen molar-refractivity contribution in [3.63, 3.8) is 0 Å². The van der Waals surface area contributed by atoms with Gasteiger partial charge >= 0.3 is 0 Å². The maximum Gasteiger partial charge on any atom is 0.293 e. The minimum absolute atomic E-state index is 0.986. The van der Waals surface area contributed by atoms with Gasteiger partial charge in [0.25, 0.3) is 11.6 Å². The summed E-state index contributed by atoms with van der Waals surface area (Å²) in [4.78, 5) is 34.9. The van der Waals surface area contributed by atoms with Gasteiger partial charge in [-0.3, -0.25) is 14.4 Å². The highest BCUT2D eigenvalue weighted by Crippen LogP contribution is 2.25. The second kappa shape index (κ2) is 4.31. The van der Waals surface area contributed by atoms with Crippen molar-refractivity contribution in [1.29, 1.82) is 0 Å². The third-order valence-electron chi connectivity index (χ3n) is 2.20. The van der Waals surface area contributed by atoms with Crippen LogP contribution in [0.15, 0.2) is 0 Å². The van der Waals surface area contributed by atoms with Gasteiger partial charge in [-0.2, -0.15) is 0 Å². The molecule has 0 saturated carbocycles. The molecule has 5 heteroatoms. The molecule has 0 aromatic carbocycles. The van der Waals surface area contributed by atoms with Crippen LogP contribution < -0.4 is 0 Å². The van der Waals surface area contributed by atoms with Crippen LogP contribution in [0, 0.1) is 10.8 Å². The second-order valence-corrected chi connectivity index (χ2v) is 6.16. The van der Waals surface area contributed by atoms with Crippen LogP contribution >= 0.6 is 0 Å². The molecule has 0 radical (unpaired) electrons. The van der Waals surface area contributed by atoms with Crippen molar-refractivity contribution >= 4 is 17.3 Å². The summed E-state index contributed by atoms with van der Waals surface area (Å²) in [6, 6.07) is 0. The molecule has 0 heterocycles. The lowest BCUT2D eigenvalue weighted by molar-refractivity contribution is -0.196. The Balaban J connectivity index is 5.30. The van der Waals surface area contributed by atoms with Crippen molar-refractivity contribution in [2.45, 2.75) is 47.3 Å². The highest BCUT2D eigenvalue weighted by atomic mass is 16.5. The normalized spacial score (nSPS) is 13.4. The van der Waals surface area contributed by atoms with Gasteiger partial charge in [-0.05, 0) is 0 Å². The zero-order valence-electron chi connectivity index (χ0n) is 11.1. The highest BCUT2D eigenvalue weighted by Gasteiger charge is 2.51. The van der Waals surface area contributed by atoms with Gasteiger partial charge < -0.3 is 10.2 Å². The van der Waals surface area contributed by atoms with Crippen molar-refractivity contribution in [2.24, 2.45) is 10.8 Å². The van der Waals surface area contributed by atoms with E-state index in [9.17, 15) is 24.6 Å². The number of hydrogen-bond donors (Lipinski definition) is 2. The lowest BCUT2D eigenvalue weighted by Gasteiger charge is -2.28. The van der Waals surface area contributed by atoms with Gasteiger partial charge in [-0.15, -0.1) is 0 Å². The first-order valence-corrected chi connectivity index (χ1v) is 5.31. The van der Waals surface area contributed by atoms with Gasteiger partial charge in [0, 0.05) is 10.8 Å². The zero-order chi connectivity index (χ0) is 14.2. The highest BCUT2D eigenvalue weighted by molar-refractivity contribution is 6.45. The molecule has 0 fully saturated rings. The predicted octanol–water partition coefficient (Wildman–Crippen LogP) is 0.467. The molecule has 98 valence electrons. The van der Waals surface area contributed by atoms with Gasteiger partial charge in [-0.1, -0.05) is 41.5 Å². The first kappa shape index (κ1) is 15.9. The smallest absolute Gasteiger partial charge is 0.293 e. The van der Waals surface area contributed by atoms with E-state index >= 15 is 0 Å². The maximum absolute atomic E-state index is 11.7. The molecule has 0 rings (SSSR count). The summed E-state index contributed by atoms with van der Waals surface area (Å²) in [6.07, 6.45) is 0. The summed E-state index contributed by atoms with van der Waals surface area (Å²) < 4.78 is 0. The van der Waals surface area contributed by atoms with Gasteiger partial charge in [-0.25, -0.2) is 0 Å². The van der Waals surface area contributed by atoms with Crippen LogP contribution in [0.4, 0.5) is 0 Å². The number of aliphatic hydroxyl groups is 2. The molecule has 0 spiro atoms. The quantitative estimate of drug-likeness (QED) is 0.427. The molecule has 0 aliphatic rings. The molecule has 0 aromatic heterocycles. The fraction of sp³-hybridized carbons (Fsp3) is 0.750. The zero-order valence-corrected chi connectivity index (χ0v) is 11.1. The van der Waals surface area contributed by atoms with E-state index in [1.165, 1.54) is 41.5 Å². The topological polar surface area (TPSA) is 91.7 Å². The molecule has 0 saturated heterocycles. The molecular weight excluding hydrogens is 224 g/mol. The van der Waals surface area contributed by atoms with Crippen LogP contribution in [0.25, 0.3) is 0 Å². The van der Waals surface area contributed by atoms with Crippen molar-refractivity contribution in [2.75, 3.05) is 0 Å². The van der Waals surface area contributed by atoms with E-state index < -0.39 is 34.0 Å². The second-order valence-electron chi connectivity index (χ2n) is 6.16. The van der Waals surface area contributed by atoms with Crippen LogP contribution in [0.5, 0.6) is 0 Å². The maximum atomic E-state index is 11.7. The van der Waals surface area contributed by atoms with Crippen LogP contribution in [0.2, 0.25) is 0 Å². The summed E-state index contributed by atoms with van der Waals surface area (Å²) in [5.74, 6) is -6.81. The fourth-order valence-electron chi connectivity index (χ4n) is 1.12. The van der Waals surface area contributed by atoms with Gasteiger partial charge in [0.05, 0.1) is 0 Å². The van der Waals surface area contributed by atoms with Gasteiger partial charge in [0.2, 0.25) is 11.6 Å². The molecule has 0 aromatic rings. The Labute approximate surface area is 101 Å². The largest absolute Gasteiger partial charge is 0.353 e. The van der Waals surface area contributed by atoms with E-state index in [4.69, 9.17) is 0 Å². The minimum Gasteiger partial charge on any atom is -0.353 e. The predicted molar refractivity (Wildman–Crippen MR) is 61.1 cm³/mol. The van der Waals surface area contributed by atoms with Crippen molar-refractivity contribution in [1.82, 2.24) is 0 Å². The average molecular weight is 244 g/mol. The number of hydrogen-bond acceptors (Lipinski definition) is 5.